The molecule has 0 amide bonds. The minimum atomic E-state index is 0.462. The van der Waals surface area contributed by atoms with Gasteiger partial charge in [-0.05, 0) is 50.9 Å². The van der Waals surface area contributed by atoms with Gasteiger partial charge in [0, 0.05) is 18.7 Å². The third kappa shape index (κ3) is 2.39. The molecule has 0 bridgehead atoms. The molecule has 2 saturated carbocycles. The summed E-state index contributed by atoms with van der Waals surface area (Å²) in [5.74, 6) is 0. The van der Waals surface area contributed by atoms with Crippen LogP contribution < -0.4 is 5.32 Å². The van der Waals surface area contributed by atoms with Crippen LogP contribution in [0.15, 0.2) is 0 Å². The van der Waals surface area contributed by atoms with Crippen LogP contribution in [-0.2, 0) is 4.74 Å². The maximum Gasteiger partial charge on any atom is 0.0561 e. The lowest BCUT2D eigenvalue weighted by Crippen LogP contribution is -2.58. The van der Waals surface area contributed by atoms with Crippen LogP contribution >= 0.6 is 0 Å². The molecule has 1 heterocycles. The largest absolute Gasteiger partial charge is 0.378 e. The van der Waals surface area contributed by atoms with Gasteiger partial charge >= 0.3 is 0 Å². The van der Waals surface area contributed by atoms with E-state index >= 15 is 0 Å². The monoisotopic (exact) mass is 237 g/mol. The average Bonchev–Trinajstić information content (AvgIpc) is 2.36. The molecule has 3 atom stereocenters. The second kappa shape index (κ2) is 4.89. The molecule has 0 radical (unpaired) electrons. The molecule has 3 rings (SSSR count). The van der Waals surface area contributed by atoms with Gasteiger partial charge in [-0.3, -0.25) is 0 Å². The van der Waals surface area contributed by atoms with Gasteiger partial charge in [0.25, 0.3) is 0 Å². The van der Waals surface area contributed by atoms with E-state index in [1.54, 1.807) is 0 Å². The van der Waals surface area contributed by atoms with Gasteiger partial charge in [0.1, 0.15) is 0 Å². The first-order valence-corrected chi connectivity index (χ1v) is 7.66. The minimum absolute atomic E-state index is 0.462. The Kier molecular flexibility index (Phi) is 3.45. The zero-order valence-electron chi connectivity index (χ0n) is 11.2. The molecular weight excluding hydrogens is 210 g/mol. The van der Waals surface area contributed by atoms with Gasteiger partial charge in [-0.15, -0.1) is 0 Å². The fraction of sp³-hybridized carbons (Fsp3) is 1.00. The van der Waals surface area contributed by atoms with Crippen molar-refractivity contribution in [2.24, 2.45) is 5.41 Å². The molecule has 2 aliphatic carbocycles. The molecule has 17 heavy (non-hydrogen) atoms. The van der Waals surface area contributed by atoms with Gasteiger partial charge in [0.05, 0.1) is 6.10 Å². The van der Waals surface area contributed by atoms with Crippen molar-refractivity contribution < 1.29 is 4.74 Å². The lowest BCUT2D eigenvalue weighted by molar-refractivity contribution is -0.0199. The molecule has 0 aromatic carbocycles. The van der Waals surface area contributed by atoms with Crippen molar-refractivity contribution in [2.45, 2.75) is 82.9 Å². The summed E-state index contributed by atoms with van der Waals surface area (Å²) in [5, 5.41) is 3.97. The molecule has 1 N–H and O–H groups in total. The van der Waals surface area contributed by atoms with Crippen molar-refractivity contribution in [3.8, 4) is 0 Å². The summed E-state index contributed by atoms with van der Waals surface area (Å²) in [6, 6.07) is 1.56. The van der Waals surface area contributed by atoms with Crippen LogP contribution in [0.3, 0.4) is 0 Å². The van der Waals surface area contributed by atoms with Gasteiger partial charge < -0.3 is 10.1 Å². The van der Waals surface area contributed by atoms with Gasteiger partial charge in [0.2, 0.25) is 0 Å². The van der Waals surface area contributed by atoms with Crippen molar-refractivity contribution in [3.63, 3.8) is 0 Å². The van der Waals surface area contributed by atoms with Gasteiger partial charge in [0.15, 0.2) is 0 Å². The third-order valence-electron chi connectivity index (χ3n) is 5.44. The predicted molar refractivity (Wildman–Crippen MR) is 70.1 cm³/mol. The predicted octanol–water partition coefficient (Wildman–Crippen LogP) is 3.26. The molecule has 98 valence electrons. The third-order valence-corrected chi connectivity index (χ3v) is 5.44. The second-order valence-corrected chi connectivity index (χ2v) is 6.58. The first-order valence-electron chi connectivity index (χ1n) is 7.66. The minimum Gasteiger partial charge on any atom is -0.378 e. The first-order chi connectivity index (χ1) is 8.28. The topological polar surface area (TPSA) is 21.3 Å². The Morgan fingerprint density at radius 2 is 1.88 bits per heavy atom. The van der Waals surface area contributed by atoms with E-state index in [1.807, 2.05) is 0 Å². The van der Waals surface area contributed by atoms with Crippen LogP contribution in [0.2, 0.25) is 0 Å². The Balaban J connectivity index is 1.54. The molecule has 0 aromatic heterocycles. The highest BCUT2D eigenvalue weighted by Gasteiger charge is 2.47. The van der Waals surface area contributed by atoms with Gasteiger partial charge in [-0.2, -0.15) is 0 Å². The van der Waals surface area contributed by atoms with Crippen molar-refractivity contribution >= 4 is 0 Å². The second-order valence-electron chi connectivity index (χ2n) is 6.58. The Labute approximate surface area is 105 Å². The normalized spacial score (nSPS) is 41.1. The standard InChI is InChI=1S/C15H27NO/c1-12-11-13(6-10-17-12)16-14-5-9-15(14)7-3-2-4-8-15/h12-14,16H,2-11H2,1H3. The smallest absolute Gasteiger partial charge is 0.0561 e. The van der Waals surface area contributed by atoms with E-state index < -0.39 is 0 Å². The Bertz CT molecular complexity index is 260. The summed E-state index contributed by atoms with van der Waals surface area (Å²) in [6.07, 6.45) is 13.2. The summed E-state index contributed by atoms with van der Waals surface area (Å²) in [6.45, 7) is 3.17. The highest BCUT2D eigenvalue weighted by atomic mass is 16.5. The quantitative estimate of drug-likeness (QED) is 0.796. The van der Waals surface area contributed by atoms with E-state index in [0.29, 0.717) is 11.5 Å². The summed E-state index contributed by atoms with van der Waals surface area (Å²) in [5.41, 5.74) is 0.708. The van der Waals surface area contributed by atoms with E-state index in [0.717, 1.165) is 18.7 Å². The number of nitrogens with one attached hydrogen (secondary N) is 1. The van der Waals surface area contributed by atoms with E-state index in [4.69, 9.17) is 4.74 Å². The Hall–Kier alpha value is -0.0800. The van der Waals surface area contributed by atoms with Crippen molar-refractivity contribution in [3.05, 3.63) is 0 Å². The average molecular weight is 237 g/mol. The highest BCUT2D eigenvalue weighted by Crippen LogP contribution is 2.51. The molecule has 3 unspecified atom stereocenters. The number of hydrogen-bond donors (Lipinski definition) is 1. The zero-order chi connectivity index (χ0) is 11.7. The number of hydrogen-bond acceptors (Lipinski definition) is 2. The molecule has 3 fully saturated rings. The lowest BCUT2D eigenvalue weighted by Gasteiger charge is -2.54. The highest BCUT2D eigenvalue weighted by molar-refractivity contribution is 5.02. The zero-order valence-corrected chi connectivity index (χ0v) is 11.2. The van der Waals surface area contributed by atoms with E-state index in [1.165, 1.54) is 57.8 Å². The summed E-state index contributed by atoms with van der Waals surface area (Å²) in [4.78, 5) is 0. The molecule has 0 aromatic rings. The maximum atomic E-state index is 5.64. The summed E-state index contributed by atoms with van der Waals surface area (Å²) >= 11 is 0. The number of ether oxygens (including phenoxy) is 1. The molecule has 1 saturated heterocycles. The fourth-order valence-corrected chi connectivity index (χ4v) is 4.25. The molecule has 2 heteroatoms. The number of rotatable bonds is 2. The SMILES string of the molecule is CC1CC(NC2CCC23CCCCC3)CCO1. The van der Waals surface area contributed by atoms with E-state index in [2.05, 4.69) is 12.2 Å². The Morgan fingerprint density at radius 3 is 2.53 bits per heavy atom. The van der Waals surface area contributed by atoms with Crippen LogP contribution in [0.4, 0.5) is 0 Å². The van der Waals surface area contributed by atoms with Crippen molar-refractivity contribution in [1.82, 2.24) is 5.32 Å². The first kappa shape index (κ1) is 12.0. The maximum absolute atomic E-state index is 5.64. The van der Waals surface area contributed by atoms with Gasteiger partial charge in [-0.25, -0.2) is 0 Å². The van der Waals surface area contributed by atoms with Crippen LogP contribution in [0.25, 0.3) is 0 Å². The molecule has 1 spiro atoms. The summed E-state index contributed by atoms with van der Waals surface area (Å²) < 4.78 is 5.64. The molecule has 1 aliphatic heterocycles. The van der Waals surface area contributed by atoms with Crippen molar-refractivity contribution in [2.75, 3.05) is 6.61 Å². The van der Waals surface area contributed by atoms with Crippen LogP contribution in [0, 0.1) is 5.41 Å². The Morgan fingerprint density at radius 1 is 1.06 bits per heavy atom. The lowest BCUT2D eigenvalue weighted by atomic mass is 9.57. The molecule has 2 nitrogen and oxygen atoms in total. The molecular formula is C15H27NO. The fourth-order valence-electron chi connectivity index (χ4n) is 4.25. The molecule has 3 aliphatic rings. The van der Waals surface area contributed by atoms with Crippen LogP contribution in [0.1, 0.15) is 64.7 Å². The summed E-state index contributed by atoms with van der Waals surface area (Å²) in [7, 11) is 0. The van der Waals surface area contributed by atoms with Gasteiger partial charge in [-0.1, -0.05) is 19.3 Å². The van der Waals surface area contributed by atoms with Crippen LogP contribution in [0.5, 0.6) is 0 Å². The van der Waals surface area contributed by atoms with Crippen molar-refractivity contribution in [1.29, 1.82) is 0 Å². The van der Waals surface area contributed by atoms with E-state index in [9.17, 15) is 0 Å². The van der Waals surface area contributed by atoms with Crippen LogP contribution in [-0.4, -0.2) is 24.8 Å². The van der Waals surface area contributed by atoms with E-state index in [-0.39, 0.29) is 0 Å².